The Balaban J connectivity index is 1.47. The highest BCUT2D eigenvalue weighted by atomic mass is 35.5. The lowest BCUT2D eigenvalue weighted by molar-refractivity contribution is -0.117. The maximum atomic E-state index is 12.2. The Kier molecular flexibility index (Phi) is 6.73. The summed E-state index contributed by atoms with van der Waals surface area (Å²) < 4.78 is 0. The van der Waals surface area contributed by atoms with Crippen LogP contribution in [0.5, 0.6) is 0 Å². The molecule has 0 saturated carbocycles. The number of carbonyl (C=O) groups is 1. The fraction of sp³-hybridized carbons (Fsp3) is 0.333. The van der Waals surface area contributed by atoms with Gasteiger partial charge in [-0.3, -0.25) is 14.6 Å². The number of halogens is 3. The van der Waals surface area contributed by atoms with Crippen LogP contribution in [0.15, 0.2) is 36.5 Å². The van der Waals surface area contributed by atoms with Gasteiger partial charge in [-0.25, -0.2) is 4.98 Å². The van der Waals surface area contributed by atoms with Gasteiger partial charge in [-0.1, -0.05) is 46.9 Å². The van der Waals surface area contributed by atoms with Gasteiger partial charge in [0, 0.05) is 38.9 Å². The summed E-state index contributed by atoms with van der Waals surface area (Å²) in [5.41, 5.74) is 1.56. The number of pyridine rings is 1. The van der Waals surface area contributed by atoms with Crippen LogP contribution in [0.2, 0.25) is 15.2 Å². The highest BCUT2D eigenvalue weighted by Crippen LogP contribution is 2.26. The number of hydrogen-bond donors (Lipinski definition) is 1. The monoisotopic (exact) mass is 412 g/mol. The summed E-state index contributed by atoms with van der Waals surface area (Å²) in [6, 6.07) is 9.17. The number of nitrogens with zero attached hydrogens (tertiary/aromatic N) is 3. The average molecular weight is 414 g/mol. The highest BCUT2D eigenvalue weighted by Gasteiger charge is 2.20. The van der Waals surface area contributed by atoms with E-state index in [1.54, 1.807) is 24.4 Å². The number of amides is 1. The van der Waals surface area contributed by atoms with Gasteiger partial charge in [0.05, 0.1) is 22.3 Å². The SMILES string of the molecule is O=C(CN1CCN(Cc2cccc(Cl)c2Cl)CC1)Nc1cccnc1Cl. The second-order valence-electron chi connectivity index (χ2n) is 6.16. The van der Waals surface area contributed by atoms with Crippen molar-refractivity contribution in [2.24, 2.45) is 0 Å². The minimum Gasteiger partial charge on any atom is -0.322 e. The van der Waals surface area contributed by atoms with Gasteiger partial charge in [0.15, 0.2) is 5.15 Å². The summed E-state index contributed by atoms with van der Waals surface area (Å²) in [5.74, 6) is -0.0914. The lowest BCUT2D eigenvalue weighted by Gasteiger charge is -2.34. The topological polar surface area (TPSA) is 48.5 Å². The van der Waals surface area contributed by atoms with Gasteiger partial charge in [0.25, 0.3) is 0 Å². The van der Waals surface area contributed by atoms with Crippen LogP contribution in [0.25, 0.3) is 0 Å². The Labute approximate surface area is 167 Å². The molecule has 1 saturated heterocycles. The molecular weight excluding hydrogens is 395 g/mol. The zero-order valence-electron chi connectivity index (χ0n) is 14.1. The molecule has 2 heterocycles. The molecule has 1 N–H and O–H groups in total. The van der Waals surface area contributed by atoms with Gasteiger partial charge in [-0.2, -0.15) is 0 Å². The van der Waals surface area contributed by atoms with E-state index < -0.39 is 0 Å². The zero-order chi connectivity index (χ0) is 18.5. The Morgan fingerprint density at radius 3 is 2.50 bits per heavy atom. The van der Waals surface area contributed by atoms with Gasteiger partial charge in [-0.05, 0) is 23.8 Å². The Morgan fingerprint density at radius 1 is 1.04 bits per heavy atom. The Morgan fingerprint density at radius 2 is 1.77 bits per heavy atom. The van der Waals surface area contributed by atoms with E-state index in [4.69, 9.17) is 34.8 Å². The van der Waals surface area contributed by atoms with E-state index in [0.29, 0.717) is 27.4 Å². The summed E-state index contributed by atoms with van der Waals surface area (Å²) >= 11 is 18.3. The minimum atomic E-state index is -0.0914. The van der Waals surface area contributed by atoms with Crippen LogP contribution in [-0.4, -0.2) is 53.4 Å². The lowest BCUT2D eigenvalue weighted by atomic mass is 10.2. The van der Waals surface area contributed by atoms with E-state index in [1.807, 2.05) is 12.1 Å². The van der Waals surface area contributed by atoms with Crippen molar-refractivity contribution in [2.45, 2.75) is 6.54 Å². The zero-order valence-corrected chi connectivity index (χ0v) is 16.4. The summed E-state index contributed by atoms with van der Waals surface area (Å²) in [6.45, 7) is 4.44. The molecule has 0 unspecified atom stereocenters. The summed E-state index contributed by atoms with van der Waals surface area (Å²) in [7, 11) is 0. The second kappa shape index (κ2) is 9.02. The molecule has 1 aromatic carbocycles. The number of nitrogens with one attached hydrogen (secondary N) is 1. The van der Waals surface area contributed by atoms with Crippen LogP contribution in [-0.2, 0) is 11.3 Å². The van der Waals surface area contributed by atoms with Crippen molar-refractivity contribution in [1.82, 2.24) is 14.8 Å². The molecular formula is C18H19Cl3N4O. The summed E-state index contributed by atoms with van der Waals surface area (Å²) in [5, 5.41) is 4.29. The molecule has 5 nitrogen and oxygen atoms in total. The largest absolute Gasteiger partial charge is 0.322 e. The predicted octanol–water partition coefficient (Wildman–Crippen LogP) is 3.80. The van der Waals surface area contributed by atoms with Crippen molar-refractivity contribution in [3.05, 3.63) is 57.3 Å². The van der Waals surface area contributed by atoms with Crippen molar-refractivity contribution < 1.29 is 4.79 Å². The van der Waals surface area contributed by atoms with Gasteiger partial charge in [-0.15, -0.1) is 0 Å². The first-order chi connectivity index (χ1) is 12.5. The molecule has 1 aliphatic rings. The molecule has 8 heteroatoms. The van der Waals surface area contributed by atoms with Crippen LogP contribution in [0.4, 0.5) is 5.69 Å². The molecule has 0 spiro atoms. The predicted molar refractivity (Wildman–Crippen MR) is 106 cm³/mol. The molecule has 26 heavy (non-hydrogen) atoms. The van der Waals surface area contributed by atoms with E-state index in [9.17, 15) is 4.79 Å². The average Bonchev–Trinajstić information content (AvgIpc) is 2.62. The third-order valence-electron chi connectivity index (χ3n) is 4.29. The number of anilines is 1. The third kappa shape index (κ3) is 5.09. The van der Waals surface area contributed by atoms with Gasteiger partial charge >= 0.3 is 0 Å². The van der Waals surface area contributed by atoms with Crippen molar-refractivity contribution in [2.75, 3.05) is 38.0 Å². The van der Waals surface area contributed by atoms with E-state index in [1.165, 1.54) is 0 Å². The molecule has 0 bridgehead atoms. The molecule has 138 valence electrons. The highest BCUT2D eigenvalue weighted by molar-refractivity contribution is 6.42. The van der Waals surface area contributed by atoms with Gasteiger partial charge < -0.3 is 5.32 Å². The van der Waals surface area contributed by atoms with Crippen molar-refractivity contribution in [3.8, 4) is 0 Å². The second-order valence-corrected chi connectivity index (χ2v) is 7.30. The lowest BCUT2D eigenvalue weighted by Crippen LogP contribution is -2.48. The quantitative estimate of drug-likeness (QED) is 0.758. The third-order valence-corrected chi connectivity index (χ3v) is 5.45. The fourth-order valence-corrected chi connectivity index (χ4v) is 3.44. The molecule has 0 radical (unpaired) electrons. The van der Waals surface area contributed by atoms with E-state index in [-0.39, 0.29) is 5.91 Å². The van der Waals surface area contributed by atoms with E-state index in [0.717, 1.165) is 38.3 Å². The number of benzene rings is 1. The number of piperazine rings is 1. The molecule has 1 aromatic heterocycles. The molecule has 0 aliphatic carbocycles. The molecule has 3 rings (SSSR count). The van der Waals surface area contributed by atoms with Crippen molar-refractivity contribution in [3.63, 3.8) is 0 Å². The summed E-state index contributed by atoms with van der Waals surface area (Å²) in [4.78, 5) is 20.6. The van der Waals surface area contributed by atoms with Gasteiger partial charge in [0.1, 0.15) is 0 Å². The first kappa shape index (κ1) is 19.4. The Hall–Kier alpha value is -1.37. The van der Waals surface area contributed by atoms with Crippen molar-refractivity contribution in [1.29, 1.82) is 0 Å². The maximum Gasteiger partial charge on any atom is 0.238 e. The van der Waals surface area contributed by atoms with E-state index >= 15 is 0 Å². The standard InChI is InChI=1S/C18H19Cl3N4O/c19-14-4-1-3-13(17(14)20)11-24-7-9-25(10-8-24)12-16(26)23-15-5-2-6-22-18(15)21/h1-6H,7-12H2,(H,23,26). The number of carbonyl (C=O) groups excluding carboxylic acids is 1. The Bertz CT molecular complexity index is 779. The number of rotatable bonds is 5. The van der Waals surface area contributed by atoms with Crippen molar-refractivity contribution >= 4 is 46.4 Å². The number of aromatic nitrogens is 1. The van der Waals surface area contributed by atoms with Crippen LogP contribution in [0.1, 0.15) is 5.56 Å². The molecule has 2 aromatic rings. The van der Waals surface area contributed by atoms with Crippen LogP contribution < -0.4 is 5.32 Å². The van der Waals surface area contributed by atoms with Gasteiger partial charge in [0.2, 0.25) is 5.91 Å². The molecule has 1 aliphatic heterocycles. The molecule has 0 atom stereocenters. The molecule has 1 amide bonds. The normalized spacial score (nSPS) is 15.8. The fourth-order valence-electron chi connectivity index (χ4n) is 2.89. The smallest absolute Gasteiger partial charge is 0.238 e. The maximum absolute atomic E-state index is 12.2. The molecule has 1 fully saturated rings. The van der Waals surface area contributed by atoms with E-state index in [2.05, 4.69) is 20.1 Å². The van der Waals surface area contributed by atoms with Crippen LogP contribution >= 0.6 is 34.8 Å². The number of hydrogen-bond acceptors (Lipinski definition) is 4. The minimum absolute atomic E-state index is 0.0914. The first-order valence-corrected chi connectivity index (χ1v) is 9.44. The first-order valence-electron chi connectivity index (χ1n) is 8.31. The summed E-state index contributed by atoms with van der Waals surface area (Å²) in [6.07, 6.45) is 1.59. The van der Waals surface area contributed by atoms with Crippen LogP contribution in [0, 0.1) is 0 Å². The van der Waals surface area contributed by atoms with Crippen LogP contribution in [0.3, 0.4) is 0 Å².